The summed E-state index contributed by atoms with van der Waals surface area (Å²) in [5.41, 5.74) is -0.742. The Hall–Kier alpha value is -2.93. The number of methoxy groups -OCH3 is 2. The molecule has 0 fully saturated rings. The van der Waals surface area contributed by atoms with Crippen molar-refractivity contribution in [3.05, 3.63) is 58.4 Å². The third-order valence-corrected chi connectivity index (χ3v) is 4.67. The van der Waals surface area contributed by atoms with Gasteiger partial charge in [-0.15, -0.1) is 0 Å². The molecule has 3 aromatic rings. The van der Waals surface area contributed by atoms with E-state index in [1.54, 1.807) is 19.2 Å². The molecule has 3 rings (SSSR count). The fourth-order valence-electron chi connectivity index (χ4n) is 2.27. The van der Waals surface area contributed by atoms with Crippen LogP contribution < -0.4 is 10.4 Å². The quantitative estimate of drug-likeness (QED) is 0.565. The number of ether oxygens (including phenoxy) is 2. The van der Waals surface area contributed by atoms with Crippen molar-refractivity contribution in [3.8, 4) is 11.5 Å². The van der Waals surface area contributed by atoms with Crippen LogP contribution in [0.4, 0.5) is 0 Å². The van der Waals surface area contributed by atoms with Crippen LogP contribution in [-0.2, 0) is 4.74 Å². The summed E-state index contributed by atoms with van der Waals surface area (Å²) in [6.45, 7) is 0. The van der Waals surface area contributed by atoms with E-state index >= 15 is 0 Å². The van der Waals surface area contributed by atoms with E-state index in [1.807, 2.05) is 12.1 Å². The van der Waals surface area contributed by atoms with Gasteiger partial charge in [-0.25, -0.2) is 9.59 Å². The molecule has 2 aromatic carbocycles. The molecule has 0 aliphatic heterocycles. The van der Waals surface area contributed by atoms with Crippen LogP contribution in [0, 0.1) is 0 Å². The van der Waals surface area contributed by atoms with E-state index in [0.29, 0.717) is 16.0 Å². The second-order valence-electron chi connectivity index (χ2n) is 5.04. The number of aromatic hydroxyl groups is 1. The summed E-state index contributed by atoms with van der Waals surface area (Å²) in [5, 5.41) is 10.7. The standard InChI is InChI=1S/C18H14O6S/c1-22-10-3-5-11(6-4-10)25-16-12-9-13(17(20)23-2)18(21)24-15(12)8-7-14(16)19/h3-9,19H,1-2H3. The van der Waals surface area contributed by atoms with Crippen molar-refractivity contribution in [2.24, 2.45) is 0 Å². The largest absolute Gasteiger partial charge is 0.507 e. The minimum absolute atomic E-state index is 0.0120. The van der Waals surface area contributed by atoms with Crippen molar-refractivity contribution < 1.29 is 23.8 Å². The maximum absolute atomic E-state index is 11.9. The van der Waals surface area contributed by atoms with E-state index in [1.165, 1.54) is 37.1 Å². The second kappa shape index (κ2) is 6.90. The molecule has 25 heavy (non-hydrogen) atoms. The van der Waals surface area contributed by atoms with Gasteiger partial charge in [0.15, 0.2) is 0 Å². The number of phenolic OH excluding ortho intramolecular Hbond substituents is 1. The summed E-state index contributed by atoms with van der Waals surface area (Å²) < 4.78 is 14.9. The number of esters is 1. The Morgan fingerprint density at radius 1 is 1.12 bits per heavy atom. The smallest absolute Gasteiger partial charge is 0.351 e. The van der Waals surface area contributed by atoms with Crippen molar-refractivity contribution in [1.82, 2.24) is 0 Å². The number of carbonyl (C=O) groups excluding carboxylic acids is 1. The number of fused-ring (bicyclic) bond motifs is 1. The first-order chi connectivity index (χ1) is 12.0. The van der Waals surface area contributed by atoms with E-state index in [9.17, 15) is 14.7 Å². The summed E-state index contributed by atoms with van der Waals surface area (Å²) in [7, 11) is 2.76. The number of phenols is 1. The van der Waals surface area contributed by atoms with Gasteiger partial charge in [-0.05, 0) is 42.5 Å². The van der Waals surface area contributed by atoms with Crippen LogP contribution >= 0.6 is 11.8 Å². The highest BCUT2D eigenvalue weighted by Crippen LogP contribution is 2.40. The monoisotopic (exact) mass is 358 g/mol. The molecule has 1 N–H and O–H groups in total. The lowest BCUT2D eigenvalue weighted by atomic mass is 10.2. The minimum atomic E-state index is -0.792. The first kappa shape index (κ1) is 16.9. The Morgan fingerprint density at radius 2 is 1.84 bits per heavy atom. The summed E-state index contributed by atoms with van der Waals surface area (Å²) >= 11 is 1.28. The van der Waals surface area contributed by atoms with Crippen molar-refractivity contribution in [2.45, 2.75) is 9.79 Å². The highest BCUT2D eigenvalue weighted by Gasteiger charge is 2.18. The van der Waals surface area contributed by atoms with Gasteiger partial charge in [0.25, 0.3) is 0 Å². The molecule has 0 radical (unpaired) electrons. The predicted octanol–water partition coefficient (Wildman–Crippen LogP) is 3.45. The lowest BCUT2D eigenvalue weighted by Gasteiger charge is -2.09. The molecular weight excluding hydrogens is 344 g/mol. The Kier molecular flexibility index (Phi) is 4.67. The third kappa shape index (κ3) is 3.32. The zero-order chi connectivity index (χ0) is 18.0. The Labute approximate surface area is 147 Å². The molecular formula is C18H14O6S. The third-order valence-electron chi connectivity index (χ3n) is 3.53. The van der Waals surface area contributed by atoms with E-state index < -0.39 is 11.6 Å². The summed E-state index contributed by atoms with van der Waals surface area (Å²) in [4.78, 5) is 25.0. The molecule has 0 aliphatic rings. The van der Waals surface area contributed by atoms with E-state index in [0.717, 1.165) is 4.90 Å². The van der Waals surface area contributed by atoms with Crippen LogP contribution in [0.25, 0.3) is 11.0 Å². The summed E-state index contributed by atoms with van der Waals surface area (Å²) in [6.07, 6.45) is 0. The lowest BCUT2D eigenvalue weighted by molar-refractivity contribution is 0.0596. The minimum Gasteiger partial charge on any atom is -0.507 e. The van der Waals surface area contributed by atoms with Gasteiger partial charge < -0.3 is 19.0 Å². The molecule has 0 amide bonds. The molecule has 128 valence electrons. The molecule has 0 saturated carbocycles. The Bertz CT molecular complexity index is 991. The van der Waals surface area contributed by atoms with Gasteiger partial charge in [0, 0.05) is 10.3 Å². The van der Waals surface area contributed by atoms with Gasteiger partial charge in [0.05, 0.1) is 19.1 Å². The zero-order valence-electron chi connectivity index (χ0n) is 13.4. The second-order valence-corrected chi connectivity index (χ2v) is 6.13. The number of benzene rings is 2. The van der Waals surface area contributed by atoms with Gasteiger partial charge in [-0.2, -0.15) is 0 Å². The average molecular weight is 358 g/mol. The molecule has 0 bridgehead atoms. The Morgan fingerprint density at radius 3 is 2.48 bits per heavy atom. The highest BCUT2D eigenvalue weighted by atomic mass is 32.2. The molecule has 6 nitrogen and oxygen atoms in total. The first-order valence-corrected chi connectivity index (χ1v) is 8.05. The fourth-order valence-corrected chi connectivity index (χ4v) is 3.22. The maximum atomic E-state index is 11.9. The zero-order valence-corrected chi connectivity index (χ0v) is 14.3. The van der Waals surface area contributed by atoms with E-state index in [4.69, 9.17) is 9.15 Å². The SMILES string of the molecule is COC(=O)c1cc2c(Sc3ccc(OC)cc3)c(O)ccc2oc1=O. The first-order valence-electron chi connectivity index (χ1n) is 7.23. The molecule has 0 unspecified atom stereocenters. The Balaban J connectivity index is 2.13. The van der Waals surface area contributed by atoms with Gasteiger partial charge in [0.1, 0.15) is 22.6 Å². The van der Waals surface area contributed by atoms with Crippen molar-refractivity contribution >= 4 is 28.7 Å². The molecule has 0 spiro atoms. The van der Waals surface area contributed by atoms with Crippen LogP contribution in [0.5, 0.6) is 11.5 Å². The normalized spacial score (nSPS) is 10.6. The van der Waals surface area contributed by atoms with Crippen LogP contribution in [0.2, 0.25) is 0 Å². The lowest BCUT2D eigenvalue weighted by Crippen LogP contribution is -2.15. The number of rotatable bonds is 4. The van der Waals surface area contributed by atoms with E-state index in [2.05, 4.69) is 4.74 Å². The van der Waals surface area contributed by atoms with Crippen molar-refractivity contribution in [3.63, 3.8) is 0 Å². The van der Waals surface area contributed by atoms with Crippen LogP contribution in [-0.4, -0.2) is 25.3 Å². The maximum Gasteiger partial charge on any atom is 0.351 e. The molecule has 0 aliphatic carbocycles. The topological polar surface area (TPSA) is 86.0 Å². The van der Waals surface area contributed by atoms with Crippen molar-refractivity contribution in [2.75, 3.05) is 14.2 Å². The van der Waals surface area contributed by atoms with Gasteiger partial charge in [-0.3, -0.25) is 0 Å². The van der Waals surface area contributed by atoms with Gasteiger partial charge >= 0.3 is 11.6 Å². The van der Waals surface area contributed by atoms with Gasteiger partial charge in [-0.1, -0.05) is 11.8 Å². The predicted molar refractivity (Wildman–Crippen MR) is 92.6 cm³/mol. The number of carbonyl (C=O) groups is 1. The molecule has 0 atom stereocenters. The van der Waals surface area contributed by atoms with Crippen molar-refractivity contribution in [1.29, 1.82) is 0 Å². The number of hydrogen-bond donors (Lipinski definition) is 1. The average Bonchev–Trinajstić information content (AvgIpc) is 2.63. The summed E-state index contributed by atoms with van der Waals surface area (Å²) in [6, 6.07) is 11.6. The fraction of sp³-hybridized carbons (Fsp3) is 0.111. The molecule has 1 heterocycles. The van der Waals surface area contributed by atoms with E-state index in [-0.39, 0.29) is 16.9 Å². The summed E-state index contributed by atoms with van der Waals surface area (Å²) in [5.74, 6) is -0.0668. The molecule has 7 heteroatoms. The molecule has 0 saturated heterocycles. The van der Waals surface area contributed by atoms with Gasteiger partial charge in [0.2, 0.25) is 0 Å². The highest BCUT2D eigenvalue weighted by molar-refractivity contribution is 7.99. The van der Waals surface area contributed by atoms with Crippen LogP contribution in [0.3, 0.4) is 0 Å². The number of hydrogen-bond acceptors (Lipinski definition) is 7. The molecule has 1 aromatic heterocycles. The van der Waals surface area contributed by atoms with Crippen LogP contribution in [0.15, 0.2) is 61.5 Å². The van der Waals surface area contributed by atoms with Crippen LogP contribution in [0.1, 0.15) is 10.4 Å².